The molecule has 4 rings (SSSR count). The first-order valence-electron chi connectivity index (χ1n) is 8.70. The minimum absolute atomic E-state index is 0.00949. The van der Waals surface area contributed by atoms with Crippen LogP contribution >= 0.6 is 0 Å². The normalized spacial score (nSPS) is 18.8. The van der Waals surface area contributed by atoms with Gasteiger partial charge in [0.25, 0.3) is 5.91 Å². The number of aromatic nitrogens is 1. The Hall–Kier alpha value is -2.80. The van der Waals surface area contributed by atoms with Crippen molar-refractivity contribution in [3.63, 3.8) is 0 Å². The Labute approximate surface area is 151 Å². The summed E-state index contributed by atoms with van der Waals surface area (Å²) in [5, 5.41) is 0. The molecule has 1 amide bonds. The Kier molecular flexibility index (Phi) is 4.62. The molecule has 0 saturated carbocycles. The average molecular weight is 355 g/mol. The van der Waals surface area contributed by atoms with Crippen molar-refractivity contribution in [1.29, 1.82) is 0 Å². The smallest absolute Gasteiger partial charge is 0.254 e. The van der Waals surface area contributed by atoms with Crippen LogP contribution in [0.4, 0.5) is 5.82 Å². The van der Waals surface area contributed by atoms with Crippen LogP contribution < -0.4 is 15.2 Å². The van der Waals surface area contributed by atoms with Gasteiger partial charge in [0, 0.05) is 24.8 Å². The highest BCUT2D eigenvalue weighted by Crippen LogP contribution is 2.33. The molecule has 0 unspecified atom stereocenters. The van der Waals surface area contributed by atoms with Gasteiger partial charge in [-0.05, 0) is 48.7 Å². The number of fused-ring (bicyclic) bond motifs is 1. The summed E-state index contributed by atoms with van der Waals surface area (Å²) in [7, 11) is 0. The zero-order chi connectivity index (χ0) is 17.9. The first-order chi connectivity index (χ1) is 12.7. The van der Waals surface area contributed by atoms with Crippen molar-refractivity contribution in [3.8, 4) is 11.5 Å². The number of carbonyl (C=O) groups excluding carboxylic acids is 1. The van der Waals surface area contributed by atoms with Gasteiger partial charge in [0.15, 0.2) is 11.5 Å². The van der Waals surface area contributed by atoms with Crippen LogP contribution in [0.15, 0.2) is 36.5 Å². The van der Waals surface area contributed by atoms with E-state index in [0.717, 1.165) is 18.4 Å². The molecule has 2 aliphatic rings. The minimum Gasteiger partial charge on any atom is -0.454 e. The highest BCUT2D eigenvalue weighted by molar-refractivity contribution is 5.95. The number of benzene rings is 1. The van der Waals surface area contributed by atoms with Crippen LogP contribution in [0, 0.1) is 0 Å². The number of pyridine rings is 1. The molecule has 136 valence electrons. The fourth-order valence-corrected chi connectivity index (χ4v) is 3.27. The van der Waals surface area contributed by atoms with Crippen LogP contribution in [0.1, 0.15) is 22.3 Å². The maximum absolute atomic E-state index is 12.8. The second-order valence-corrected chi connectivity index (χ2v) is 6.44. The number of hydrogen-bond donors (Lipinski definition) is 1. The summed E-state index contributed by atoms with van der Waals surface area (Å²) in [6.45, 7) is 1.91. The standard InChI is InChI=1S/C19H21N3O4/c20-18-9-13(5-6-21-18)1-3-15-11-22(7-8-24-15)19(23)14-2-4-16-17(10-14)26-12-25-16/h2,4-6,9-10,15H,1,3,7-8,11-12H2,(H2,20,21)/t15-/m1/s1. The van der Waals surface area contributed by atoms with Gasteiger partial charge < -0.3 is 24.8 Å². The first-order valence-corrected chi connectivity index (χ1v) is 8.70. The topological polar surface area (TPSA) is 86.9 Å². The van der Waals surface area contributed by atoms with Crippen LogP contribution in [0.3, 0.4) is 0 Å². The lowest BCUT2D eigenvalue weighted by molar-refractivity contribution is -0.0246. The quantitative estimate of drug-likeness (QED) is 0.901. The SMILES string of the molecule is Nc1cc(CC[C@@H]2CN(C(=O)c3ccc4c(c3)OCO4)CCO2)ccn1. The summed E-state index contributed by atoms with van der Waals surface area (Å²) < 4.78 is 16.5. The van der Waals surface area contributed by atoms with E-state index >= 15 is 0 Å². The molecule has 7 heteroatoms. The maximum atomic E-state index is 12.8. The third-order valence-corrected chi connectivity index (χ3v) is 4.65. The molecule has 2 aliphatic heterocycles. The first kappa shape index (κ1) is 16.7. The molecule has 1 fully saturated rings. The number of morpholine rings is 1. The molecular weight excluding hydrogens is 334 g/mol. The third kappa shape index (κ3) is 3.57. The van der Waals surface area contributed by atoms with E-state index in [2.05, 4.69) is 4.98 Å². The second kappa shape index (κ2) is 7.21. The van der Waals surface area contributed by atoms with Crippen molar-refractivity contribution in [2.45, 2.75) is 18.9 Å². The molecule has 0 spiro atoms. The zero-order valence-corrected chi connectivity index (χ0v) is 14.4. The van der Waals surface area contributed by atoms with Crippen molar-refractivity contribution >= 4 is 11.7 Å². The van der Waals surface area contributed by atoms with E-state index in [-0.39, 0.29) is 18.8 Å². The number of aryl methyl sites for hydroxylation is 1. The lowest BCUT2D eigenvalue weighted by Gasteiger charge is -2.33. The molecule has 1 saturated heterocycles. The van der Waals surface area contributed by atoms with Crippen molar-refractivity contribution in [2.24, 2.45) is 0 Å². The second-order valence-electron chi connectivity index (χ2n) is 6.44. The number of hydrogen-bond acceptors (Lipinski definition) is 6. The van der Waals surface area contributed by atoms with E-state index in [1.165, 1.54) is 0 Å². The van der Waals surface area contributed by atoms with E-state index < -0.39 is 0 Å². The van der Waals surface area contributed by atoms with Crippen LogP contribution in [-0.2, 0) is 11.2 Å². The predicted molar refractivity (Wildman–Crippen MR) is 95.2 cm³/mol. The van der Waals surface area contributed by atoms with Gasteiger partial charge >= 0.3 is 0 Å². The summed E-state index contributed by atoms with van der Waals surface area (Å²) in [5.74, 6) is 1.81. The summed E-state index contributed by atoms with van der Waals surface area (Å²) >= 11 is 0. The van der Waals surface area contributed by atoms with Crippen LogP contribution in [-0.4, -0.2) is 48.4 Å². The molecule has 3 heterocycles. The van der Waals surface area contributed by atoms with Crippen molar-refractivity contribution in [1.82, 2.24) is 9.88 Å². The molecule has 7 nitrogen and oxygen atoms in total. The molecule has 1 atom stereocenters. The van der Waals surface area contributed by atoms with Gasteiger partial charge in [-0.1, -0.05) is 0 Å². The summed E-state index contributed by atoms with van der Waals surface area (Å²) in [4.78, 5) is 18.7. The van der Waals surface area contributed by atoms with E-state index in [1.807, 2.05) is 17.0 Å². The fraction of sp³-hybridized carbons (Fsp3) is 0.368. The van der Waals surface area contributed by atoms with E-state index in [0.29, 0.717) is 42.6 Å². The van der Waals surface area contributed by atoms with E-state index in [4.69, 9.17) is 19.9 Å². The van der Waals surface area contributed by atoms with E-state index in [9.17, 15) is 4.79 Å². The average Bonchev–Trinajstić information content (AvgIpc) is 3.14. The largest absolute Gasteiger partial charge is 0.454 e. The number of amides is 1. The molecule has 2 N–H and O–H groups in total. The lowest BCUT2D eigenvalue weighted by Crippen LogP contribution is -2.45. The van der Waals surface area contributed by atoms with Gasteiger partial charge in [-0.2, -0.15) is 0 Å². The van der Waals surface area contributed by atoms with Crippen molar-refractivity contribution in [3.05, 3.63) is 47.7 Å². The Morgan fingerprint density at radius 1 is 1.23 bits per heavy atom. The minimum atomic E-state index is -0.00949. The monoisotopic (exact) mass is 355 g/mol. The lowest BCUT2D eigenvalue weighted by atomic mass is 10.1. The molecule has 0 aliphatic carbocycles. The van der Waals surface area contributed by atoms with Gasteiger partial charge in [-0.15, -0.1) is 0 Å². The van der Waals surface area contributed by atoms with Crippen molar-refractivity contribution < 1.29 is 19.0 Å². The Morgan fingerprint density at radius 3 is 3.00 bits per heavy atom. The number of nitrogens with two attached hydrogens (primary N) is 1. The molecule has 0 bridgehead atoms. The molecule has 1 aromatic heterocycles. The number of anilines is 1. The van der Waals surface area contributed by atoms with Crippen molar-refractivity contribution in [2.75, 3.05) is 32.2 Å². The van der Waals surface area contributed by atoms with Crippen LogP contribution in [0.25, 0.3) is 0 Å². The van der Waals surface area contributed by atoms with E-state index in [1.54, 1.807) is 24.4 Å². The van der Waals surface area contributed by atoms with Gasteiger partial charge in [0.05, 0.1) is 12.7 Å². The Morgan fingerprint density at radius 2 is 2.12 bits per heavy atom. The molecular formula is C19H21N3O4. The summed E-state index contributed by atoms with van der Waals surface area (Å²) in [6, 6.07) is 9.13. The number of nitrogens with zero attached hydrogens (tertiary/aromatic N) is 2. The van der Waals surface area contributed by atoms with Gasteiger partial charge in [0.1, 0.15) is 5.82 Å². The summed E-state index contributed by atoms with van der Waals surface area (Å²) in [5.41, 5.74) is 7.45. The molecule has 1 aromatic carbocycles. The Bertz CT molecular complexity index is 811. The zero-order valence-electron chi connectivity index (χ0n) is 14.4. The number of nitrogen functional groups attached to an aromatic ring is 1. The Balaban J connectivity index is 1.37. The predicted octanol–water partition coefficient (Wildman–Crippen LogP) is 1.87. The van der Waals surface area contributed by atoms with Gasteiger partial charge in [-0.25, -0.2) is 4.98 Å². The highest BCUT2D eigenvalue weighted by atomic mass is 16.7. The maximum Gasteiger partial charge on any atom is 0.254 e. The number of rotatable bonds is 4. The summed E-state index contributed by atoms with van der Waals surface area (Å²) in [6.07, 6.45) is 3.38. The highest BCUT2D eigenvalue weighted by Gasteiger charge is 2.26. The third-order valence-electron chi connectivity index (χ3n) is 4.65. The van der Waals surface area contributed by atoms with Gasteiger partial charge in [-0.3, -0.25) is 4.79 Å². The number of ether oxygens (including phenoxy) is 3. The molecule has 2 aromatic rings. The molecule has 26 heavy (non-hydrogen) atoms. The van der Waals surface area contributed by atoms with Crippen LogP contribution in [0.2, 0.25) is 0 Å². The van der Waals surface area contributed by atoms with Gasteiger partial charge in [0.2, 0.25) is 6.79 Å². The number of carbonyl (C=O) groups is 1. The molecule has 0 radical (unpaired) electrons. The fourth-order valence-electron chi connectivity index (χ4n) is 3.27. The van der Waals surface area contributed by atoms with Crippen LogP contribution in [0.5, 0.6) is 11.5 Å².